The molecule has 4 fully saturated rings. The number of likely N-dealkylation sites (tertiary alicyclic amines) is 1. The smallest absolute Gasteiger partial charge is 0.408 e. The molecule has 3 saturated heterocycles. The summed E-state index contributed by atoms with van der Waals surface area (Å²) in [6.45, 7) is 6.43. The van der Waals surface area contributed by atoms with Crippen LogP contribution in [0.5, 0.6) is 0 Å². The molecule has 72 heavy (non-hydrogen) atoms. The molecule has 0 aromatic rings. The predicted molar refractivity (Wildman–Crippen MR) is 249 cm³/mol. The number of esters is 2. The molecule has 1 aliphatic carbocycles. The lowest BCUT2D eigenvalue weighted by atomic mass is 9.66. The number of rotatable bonds is 26. The summed E-state index contributed by atoms with van der Waals surface area (Å²) in [7, 11) is -3.97. The molecule has 0 radical (unpaired) electrons. The minimum absolute atomic E-state index is 0.0121. The fourth-order valence-electron chi connectivity index (χ4n) is 9.75. The number of alkyl carbamates (subject to hydrolysis) is 1. The highest BCUT2D eigenvalue weighted by molar-refractivity contribution is 7.80. The fourth-order valence-corrected chi connectivity index (χ4v) is 10.0. The second kappa shape index (κ2) is 26.0. The van der Waals surface area contributed by atoms with E-state index in [9.17, 15) is 52.3 Å². The first-order valence-electron chi connectivity index (χ1n) is 24.6. The van der Waals surface area contributed by atoms with Gasteiger partial charge in [0.1, 0.15) is 55.8 Å². The van der Waals surface area contributed by atoms with Gasteiger partial charge in [0.15, 0.2) is 30.1 Å². The number of carbonyl (C=O) groups excluding carboxylic acids is 6. The Morgan fingerprint density at radius 1 is 1.04 bits per heavy atom. The van der Waals surface area contributed by atoms with Crippen molar-refractivity contribution in [2.75, 3.05) is 40.0 Å². The summed E-state index contributed by atoms with van der Waals surface area (Å²) >= 11 is 0. The number of unbranched alkanes of at least 4 members (excludes halogenated alkanes) is 4. The average Bonchev–Trinajstić information content (AvgIpc) is 3.94. The quantitative estimate of drug-likeness (QED) is 0.00956. The third kappa shape index (κ3) is 14.3. The monoisotopic (exact) mass is 1050 g/mol. The van der Waals surface area contributed by atoms with Gasteiger partial charge in [0.2, 0.25) is 11.8 Å². The van der Waals surface area contributed by atoms with Crippen molar-refractivity contribution in [1.82, 2.24) is 25.8 Å². The van der Waals surface area contributed by atoms with Gasteiger partial charge in [0.05, 0.1) is 12.1 Å². The molecule has 4 heterocycles. The van der Waals surface area contributed by atoms with Gasteiger partial charge >= 0.3 is 28.4 Å². The van der Waals surface area contributed by atoms with Crippen LogP contribution in [-0.4, -0.2) is 199 Å². The standard InChI is InChI=1S/C45H73N7O19S/c1-6-9-11-13-30(53)66-22-28-34(55)35(56)36(70-31(54)14-12-10-7-2)42(69-28)68-26-19-27-38(57)45(20-26)37(50-44(61)71-45)33(40(59)48-17-15-25-16-18-51(21-25)43(46)47)52(27)41(60)32(24(4)8-3)49-39(58)29(65-5)23-67-72(62,63)64/h16,24,26-29,32-38,42,55-57H,6-15,17-23H2,1-5H3,(H3,46,47)(H,48,59)(H,49,58)(H,50,61)(H,62,63,64)/t24-,26?,27-,28-,29?,32-,33?,34-,35+,36-,37?,38?,42+,45+/m1/s1. The second-order valence-corrected chi connectivity index (χ2v) is 20.0. The normalized spacial score (nSPS) is 30.2. The van der Waals surface area contributed by atoms with Crippen LogP contribution < -0.4 is 21.7 Å². The number of nitrogens with zero attached hydrogens (tertiary/aromatic N) is 2. The van der Waals surface area contributed by atoms with Crippen molar-refractivity contribution in [2.24, 2.45) is 11.7 Å². The van der Waals surface area contributed by atoms with E-state index in [1.807, 2.05) is 19.9 Å². The number of aliphatic hydroxyl groups is 3. The molecule has 4 aliphatic heterocycles. The Bertz CT molecular complexity index is 2080. The maximum Gasteiger partial charge on any atom is 0.408 e. The Morgan fingerprint density at radius 3 is 2.33 bits per heavy atom. The van der Waals surface area contributed by atoms with Crippen molar-refractivity contribution in [1.29, 1.82) is 5.41 Å². The minimum Gasteiger partial charge on any atom is -0.463 e. The number of hydrogen-bond acceptors (Lipinski definition) is 19. The number of hydrogen-bond donors (Lipinski definition) is 9. The second-order valence-electron chi connectivity index (χ2n) is 18.9. The number of piperidine rings is 1. The first-order chi connectivity index (χ1) is 34.1. The van der Waals surface area contributed by atoms with E-state index < -0.39 is 144 Å². The summed E-state index contributed by atoms with van der Waals surface area (Å²) in [4.78, 5) is 85.7. The Balaban J connectivity index is 1.52. The highest BCUT2D eigenvalue weighted by Gasteiger charge is 2.70. The molecule has 408 valence electrons. The van der Waals surface area contributed by atoms with Crippen LogP contribution in [-0.2, 0) is 67.0 Å². The number of nitrogens with one attached hydrogen (secondary N) is 4. The maximum absolute atomic E-state index is 15.4. The maximum atomic E-state index is 15.4. The van der Waals surface area contributed by atoms with E-state index in [-0.39, 0.29) is 44.6 Å². The number of carbonyl (C=O) groups is 6. The molecule has 2 bridgehead atoms. The van der Waals surface area contributed by atoms with E-state index in [1.54, 1.807) is 18.7 Å². The molecular formula is C45H73N7O19S. The molecule has 5 unspecified atom stereocenters. The molecule has 1 saturated carbocycles. The van der Waals surface area contributed by atoms with Crippen molar-refractivity contribution in [3.05, 3.63) is 11.6 Å². The predicted octanol–water partition coefficient (Wildman–Crippen LogP) is -0.978. The van der Waals surface area contributed by atoms with Gasteiger partial charge in [0.25, 0.3) is 5.91 Å². The molecule has 27 heteroatoms. The summed E-state index contributed by atoms with van der Waals surface area (Å²) in [5.41, 5.74) is 4.51. The van der Waals surface area contributed by atoms with E-state index >= 15 is 4.79 Å². The highest BCUT2D eigenvalue weighted by Crippen LogP contribution is 2.48. The van der Waals surface area contributed by atoms with Gasteiger partial charge < -0.3 is 75.2 Å². The van der Waals surface area contributed by atoms with E-state index in [4.69, 9.17) is 39.6 Å². The average molecular weight is 1050 g/mol. The molecule has 14 atom stereocenters. The number of nitrogens with two attached hydrogens (primary N) is 1. The molecule has 5 rings (SSSR count). The first kappa shape index (κ1) is 58.2. The van der Waals surface area contributed by atoms with Crippen LogP contribution in [0.1, 0.15) is 105 Å². The lowest BCUT2D eigenvalue weighted by Gasteiger charge is -2.58. The Morgan fingerprint density at radius 2 is 1.72 bits per heavy atom. The van der Waals surface area contributed by atoms with Gasteiger partial charge in [0, 0.05) is 46.0 Å². The van der Waals surface area contributed by atoms with Crippen LogP contribution in [0.25, 0.3) is 0 Å². The van der Waals surface area contributed by atoms with Crippen LogP contribution in [0.2, 0.25) is 0 Å². The highest BCUT2D eigenvalue weighted by atomic mass is 32.3. The lowest BCUT2D eigenvalue weighted by molar-refractivity contribution is -0.324. The minimum atomic E-state index is -5.03. The number of guanidine groups is 1. The Hall–Kier alpha value is -4.74. The zero-order valence-electron chi connectivity index (χ0n) is 41.4. The number of aliphatic hydroxyl groups excluding tert-OH is 3. The molecule has 4 amide bonds. The molecule has 0 aromatic heterocycles. The molecular weight excluding hydrogens is 975 g/mol. The van der Waals surface area contributed by atoms with E-state index in [2.05, 4.69) is 20.1 Å². The van der Waals surface area contributed by atoms with E-state index in [0.717, 1.165) is 36.8 Å². The number of methoxy groups -OCH3 is 1. The van der Waals surface area contributed by atoms with Crippen LogP contribution in [0.3, 0.4) is 0 Å². The number of ether oxygens (including phenoxy) is 6. The van der Waals surface area contributed by atoms with Crippen LogP contribution in [0.4, 0.5) is 4.79 Å². The summed E-state index contributed by atoms with van der Waals surface area (Å²) in [5, 5.41) is 50.9. The van der Waals surface area contributed by atoms with Gasteiger partial charge in [-0.25, -0.2) is 8.98 Å². The van der Waals surface area contributed by atoms with Crippen LogP contribution >= 0.6 is 0 Å². The van der Waals surface area contributed by atoms with Crippen molar-refractivity contribution >= 4 is 52.1 Å². The van der Waals surface area contributed by atoms with Crippen LogP contribution in [0, 0.1) is 11.3 Å². The summed E-state index contributed by atoms with van der Waals surface area (Å²) < 4.78 is 71.1. The van der Waals surface area contributed by atoms with Gasteiger partial charge in [-0.15, -0.1) is 0 Å². The summed E-state index contributed by atoms with van der Waals surface area (Å²) in [5.74, 6) is -4.97. The van der Waals surface area contributed by atoms with Gasteiger partial charge in [-0.05, 0) is 31.6 Å². The summed E-state index contributed by atoms with van der Waals surface area (Å²) in [6, 6.07) is -6.12. The van der Waals surface area contributed by atoms with Gasteiger partial charge in [-0.1, -0.05) is 71.4 Å². The Labute approximate surface area is 418 Å². The zero-order chi connectivity index (χ0) is 53.1. The van der Waals surface area contributed by atoms with Crippen molar-refractivity contribution in [3.63, 3.8) is 0 Å². The van der Waals surface area contributed by atoms with Crippen LogP contribution in [0.15, 0.2) is 11.6 Å². The summed E-state index contributed by atoms with van der Waals surface area (Å²) in [6.07, 6.45) is -8.24. The zero-order valence-corrected chi connectivity index (χ0v) is 42.2. The number of amides is 4. The van der Waals surface area contributed by atoms with Gasteiger partial charge in [-0.3, -0.25) is 33.9 Å². The van der Waals surface area contributed by atoms with Crippen molar-refractivity contribution in [2.45, 2.75) is 184 Å². The molecule has 10 N–H and O–H groups in total. The van der Waals surface area contributed by atoms with Gasteiger partial charge in [-0.2, -0.15) is 8.42 Å². The molecule has 0 aromatic carbocycles. The Kier molecular flexibility index (Phi) is 21.0. The topological polar surface area (TPSA) is 375 Å². The first-order valence-corrected chi connectivity index (χ1v) is 26.0. The largest absolute Gasteiger partial charge is 0.463 e. The van der Waals surface area contributed by atoms with Crippen molar-refractivity contribution < 1.29 is 89.7 Å². The number of fused-ring (bicyclic) bond motifs is 1. The van der Waals surface area contributed by atoms with Crippen molar-refractivity contribution in [3.8, 4) is 0 Å². The molecule has 26 nitrogen and oxygen atoms in total. The third-order valence-electron chi connectivity index (χ3n) is 13.9. The van der Waals surface area contributed by atoms with E-state index in [1.165, 1.54) is 0 Å². The SMILES string of the molecule is CCCCCC(=O)OC[C@H]1O[C@H](OC2C[C@@H]3C(O)[C@@]4(C2)OC(=O)NC4C(C(=O)NCCC2=CCN(C(=N)N)C2)N3C(=O)[C@H](NC(=O)C(COS(=O)(=O)O)OC)[C@H](C)CC)[C@H](OC(=O)CCCCC)[C@@H](O)[C@@H]1O. The third-order valence-corrected chi connectivity index (χ3v) is 14.3. The van der Waals surface area contributed by atoms with E-state index in [0.29, 0.717) is 38.8 Å². The lowest BCUT2D eigenvalue weighted by Crippen LogP contribution is -2.80. The molecule has 5 aliphatic rings. The fraction of sp³-hybridized carbons (Fsp3) is 0.800. The molecule has 1 spiro atoms.